The van der Waals surface area contributed by atoms with Crippen LogP contribution in [-0.4, -0.2) is 9.46 Å². The molecule has 3 heteroatoms. The molecule has 0 spiro atoms. The fourth-order valence-electron chi connectivity index (χ4n) is 3.15. The van der Waals surface area contributed by atoms with Gasteiger partial charge in [-0.1, -0.05) is 38.5 Å². The lowest BCUT2D eigenvalue weighted by molar-refractivity contribution is 0.167. The summed E-state index contributed by atoms with van der Waals surface area (Å²) in [4.78, 5) is 0.861. The quantitative estimate of drug-likeness (QED) is 0.809. The molecule has 0 radical (unpaired) electrons. The van der Waals surface area contributed by atoms with Gasteiger partial charge in [-0.15, -0.1) is 0 Å². The van der Waals surface area contributed by atoms with Crippen molar-refractivity contribution < 1.29 is 4.21 Å². The van der Waals surface area contributed by atoms with E-state index in [-0.39, 0.29) is 16.6 Å². The molecule has 1 saturated carbocycles. The number of hydrogen-bond acceptors (Lipinski definition) is 2. The molecule has 21 heavy (non-hydrogen) atoms. The van der Waals surface area contributed by atoms with Crippen molar-refractivity contribution in [1.82, 2.24) is 0 Å². The summed E-state index contributed by atoms with van der Waals surface area (Å²) >= 11 is 0. The summed E-state index contributed by atoms with van der Waals surface area (Å²) in [6.07, 6.45) is 2.84. The van der Waals surface area contributed by atoms with Gasteiger partial charge in [0.2, 0.25) is 0 Å². The Kier molecular flexibility index (Phi) is 4.88. The number of aryl methyl sites for hydroxylation is 1. The smallest absolute Gasteiger partial charge is 0.0668 e. The minimum absolute atomic E-state index is 0.0318. The molecule has 4 atom stereocenters. The molecule has 0 saturated heterocycles. The first kappa shape index (κ1) is 16.2. The van der Waals surface area contributed by atoms with Crippen molar-refractivity contribution in [2.45, 2.75) is 57.1 Å². The fourth-order valence-corrected chi connectivity index (χ4v) is 4.80. The maximum Gasteiger partial charge on any atom is 0.0668 e. The summed E-state index contributed by atoms with van der Waals surface area (Å²) in [5, 5.41) is 9.37. The predicted octanol–water partition coefficient (Wildman–Crippen LogP) is 4.46. The number of benzene rings is 1. The zero-order chi connectivity index (χ0) is 15.6. The van der Waals surface area contributed by atoms with E-state index in [1.807, 2.05) is 31.2 Å². The molecule has 2 rings (SSSR count). The highest BCUT2D eigenvalue weighted by Crippen LogP contribution is 2.42. The van der Waals surface area contributed by atoms with Gasteiger partial charge in [-0.05, 0) is 49.7 Å². The molecule has 0 heterocycles. The lowest BCUT2D eigenvalue weighted by Crippen LogP contribution is -2.37. The van der Waals surface area contributed by atoms with Crippen molar-refractivity contribution in [3.63, 3.8) is 0 Å². The third-order valence-electron chi connectivity index (χ3n) is 4.71. The Hall–Kier alpha value is -1.14. The van der Waals surface area contributed by atoms with Crippen LogP contribution < -0.4 is 0 Å². The lowest BCUT2D eigenvalue weighted by Gasteiger charge is -2.39. The van der Waals surface area contributed by atoms with Crippen LogP contribution in [0.1, 0.15) is 45.6 Å². The van der Waals surface area contributed by atoms with E-state index in [9.17, 15) is 9.47 Å². The van der Waals surface area contributed by atoms with E-state index in [2.05, 4.69) is 26.8 Å². The maximum atomic E-state index is 12.9. The van der Waals surface area contributed by atoms with E-state index in [4.69, 9.17) is 0 Å². The molecule has 114 valence electrons. The summed E-state index contributed by atoms with van der Waals surface area (Å²) in [5.41, 5.74) is 1.39. The second-order valence-electron chi connectivity index (χ2n) is 7.26. The molecule has 1 aliphatic carbocycles. The number of rotatable bonds is 2. The van der Waals surface area contributed by atoms with E-state index in [1.165, 1.54) is 5.56 Å². The second kappa shape index (κ2) is 6.32. The molecule has 1 aromatic rings. The first-order valence-corrected chi connectivity index (χ1v) is 8.91. The first-order valence-electron chi connectivity index (χ1n) is 7.70. The fraction of sp³-hybridized carbons (Fsp3) is 0.611. The summed E-state index contributed by atoms with van der Waals surface area (Å²) in [6, 6.07) is 10.3. The van der Waals surface area contributed by atoms with E-state index < -0.39 is 10.8 Å². The Morgan fingerprint density at radius 2 is 1.81 bits per heavy atom. The molecule has 0 N–H and O–H groups in total. The van der Waals surface area contributed by atoms with Crippen molar-refractivity contribution >= 4 is 10.8 Å². The predicted molar refractivity (Wildman–Crippen MR) is 87.3 cm³/mol. The van der Waals surface area contributed by atoms with Gasteiger partial charge in [0.25, 0.3) is 0 Å². The highest BCUT2D eigenvalue weighted by molar-refractivity contribution is 7.85. The number of hydrogen-bond donors (Lipinski definition) is 0. The number of nitriles is 1. The molecule has 1 aliphatic rings. The van der Waals surface area contributed by atoms with Crippen LogP contribution >= 0.6 is 0 Å². The van der Waals surface area contributed by atoms with Crippen LogP contribution in [-0.2, 0) is 10.8 Å². The van der Waals surface area contributed by atoms with Crippen LogP contribution in [0.2, 0.25) is 0 Å². The molecule has 0 bridgehead atoms. The van der Waals surface area contributed by atoms with Crippen LogP contribution in [0, 0.1) is 35.5 Å². The van der Waals surface area contributed by atoms with E-state index >= 15 is 0 Å². The Bertz CT molecular complexity index is 550. The minimum Gasteiger partial charge on any atom is -0.254 e. The Balaban J connectivity index is 2.23. The standard InChI is InChI=1S/C18H25NOS/c1-13-5-9-16(10-6-13)21(20)17-11-15(18(2,3)4)8-7-14(17)12-19/h5-6,9-10,14-15,17H,7-8,11H2,1-4H3. The van der Waals surface area contributed by atoms with Crippen molar-refractivity contribution in [2.24, 2.45) is 17.3 Å². The minimum atomic E-state index is -1.09. The van der Waals surface area contributed by atoms with Crippen LogP contribution in [0.3, 0.4) is 0 Å². The van der Waals surface area contributed by atoms with E-state index in [0.29, 0.717) is 5.92 Å². The molecule has 1 aromatic carbocycles. The normalized spacial score (nSPS) is 27.9. The molecule has 1 fully saturated rings. The largest absolute Gasteiger partial charge is 0.254 e. The first-order chi connectivity index (χ1) is 9.82. The van der Waals surface area contributed by atoms with E-state index in [1.54, 1.807) is 0 Å². The summed E-state index contributed by atoms with van der Waals surface area (Å²) < 4.78 is 12.9. The van der Waals surface area contributed by atoms with Gasteiger partial charge in [-0.25, -0.2) is 0 Å². The second-order valence-corrected chi connectivity index (χ2v) is 8.93. The van der Waals surface area contributed by atoms with Crippen molar-refractivity contribution in [1.29, 1.82) is 5.26 Å². The molecule has 0 aromatic heterocycles. The van der Waals surface area contributed by atoms with Crippen LogP contribution in [0.4, 0.5) is 0 Å². The van der Waals surface area contributed by atoms with Crippen molar-refractivity contribution in [3.05, 3.63) is 29.8 Å². The summed E-state index contributed by atoms with van der Waals surface area (Å²) in [6.45, 7) is 8.77. The summed E-state index contributed by atoms with van der Waals surface area (Å²) in [7, 11) is -1.09. The maximum absolute atomic E-state index is 12.9. The zero-order valence-electron chi connectivity index (χ0n) is 13.4. The third kappa shape index (κ3) is 3.74. The number of nitrogens with zero attached hydrogens (tertiary/aromatic N) is 1. The van der Waals surface area contributed by atoms with Gasteiger partial charge in [0.1, 0.15) is 0 Å². The van der Waals surface area contributed by atoms with Crippen molar-refractivity contribution in [2.75, 3.05) is 0 Å². The Labute approximate surface area is 131 Å². The average Bonchev–Trinajstić information content (AvgIpc) is 2.45. The molecule has 4 unspecified atom stereocenters. The van der Waals surface area contributed by atoms with Gasteiger partial charge in [-0.2, -0.15) is 5.26 Å². The van der Waals surface area contributed by atoms with Gasteiger partial charge >= 0.3 is 0 Å². The van der Waals surface area contributed by atoms with Crippen molar-refractivity contribution in [3.8, 4) is 6.07 Å². The average molecular weight is 303 g/mol. The Morgan fingerprint density at radius 1 is 1.19 bits per heavy atom. The third-order valence-corrected chi connectivity index (χ3v) is 6.52. The van der Waals surface area contributed by atoms with Gasteiger partial charge < -0.3 is 0 Å². The highest BCUT2D eigenvalue weighted by atomic mass is 32.2. The highest BCUT2D eigenvalue weighted by Gasteiger charge is 2.39. The molecule has 0 aliphatic heterocycles. The monoisotopic (exact) mass is 303 g/mol. The zero-order valence-corrected chi connectivity index (χ0v) is 14.2. The SMILES string of the molecule is Cc1ccc(S(=O)C2CC(C(C)(C)C)CCC2C#N)cc1. The van der Waals surface area contributed by atoms with Gasteiger partial charge in [-0.3, -0.25) is 4.21 Å². The molecule has 0 amide bonds. The van der Waals surface area contributed by atoms with Crippen LogP contribution in [0.25, 0.3) is 0 Å². The van der Waals surface area contributed by atoms with Gasteiger partial charge in [0, 0.05) is 4.90 Å². The topological polar surface area (TPSA) is 40.9 Å². The van der Waals surface area contributed by atoms with Gasteiger partial charge in [0.15, 0.2) is 0 Å². The molecular formula is C18H25NOS. The Morgan fingerprint density at radius 3 is 2.33 bits per heavy atom. The van der Waals surface area contributed by atoms with E-state index in [0.717, 1.165) is 24.2 Å². The van der Waals surface area contributed by atoms with Gasteiger partial charge in [0.05, 0.1) is 28.0 Å². The summed E-state index contributed by atoms with van der Waals surface area (Å²) in [5.74, 6) is 0.465. The molecule has 2 nitrogen and oxygen atoms in total. The lowest BCUT2D eigenvalue weighted by atomic mass is 9.70. The molecular weight excluding hydrogens is 278 g/mol. The van der Waals surface area contributed by atoms with Crippen LogP contribution in [0.5, 0.6) is 0 Å². The van der Waals surface area contributed by atoms with Crippen LogP contribution in [0.15, 0.2) is 29.2 Å².